The Morgan fingerprint density at radius 2 is 2.10 bits per heavy atom. The molecule has 1 aliphatic rings. The van der Waals surface area contributed by atoms with Crippen LogP contribution in [0.3, 0.4) is 0 Å². The largest absolute Gasteiger partial charge is 0.468 e. The van der Waals surface area contributed by atoms with Crippen molar-refractivity contribution < 1.29 is 8.81 Å². The Kier molecular flexibility index (Phi) is 3.85. The second kappa shape index (κ2) is 5.77. The van der Waals surface area contributed by atoms with Crippen LogP contribution in [0.2, 0.25) is 0 Å². The second-order valence-corrected chi connectivity index (χ2v) is 5.35. The molecule has 20 heavy (non-hydrogen) atoms. The summed E-state index contributed by atoms with van der Waals surface area (Å²) in [6, 6.07) is 9.73. The van der Waals surface area contributed by atoms with Gasteiger partial charge in [-0.1, -0.05) is 12.1 Å². The lowest BCUT2D eigenvalue weighted by molar-refractivity contribution is 0.225. The van der Waals surface area contributed by atoms with Crippen LogP contribution < -0.4 is 5.73 Å². The summed E-state index contributed by atoms with van der Waals surface area (Å²) in [6.45, 7) is 1.84. The van der Waals surface area contributed by atoms with Crippen LogP contribution in [0.4, 0.5) is 4.39 Å². The molecule has 0 unspecified atom stereocenters. The number of nitrogens with two attached hydrogens (primary N) is 1. The molecule has 0 saturated heterocycles. The number of hydrogen-bond donors (Lipinski definition) is 1. The van der Waals surface area contributed by atoms with E-state index < -0.39 is 0 Å². The minimum absolute atomic E-state index is 0.222. The normalized spacial score (nSPS) is 14.9. The van der Waals surface area contributed by atoms with Crippen molar-refractivity contribution in [2.75, 3.05) is 0 Å². The SMILES string of the molecule is NCc1cc(CN(Cc2ccco2)C2CC2)ccc1F. The lowest BCUT2D eigenvalue weighted by Gasteiger charge is -2.21. The molecule has 2 N–H and O–H groups in total. The fourth-order valence-electron chi connectivity index (χ4n) is 2.47. The molecule has 3 rings (SSSR count). The van der Waals surface area contributed by atoms with Crippen LogP contribution in [-0.2, 0) is 19.6 Å². The van der Waals surface area contributed by atoms with Crippen molar-refractivity contribution in [2.24, 2.45) is 5.73 Å². The molecule has 0 aliphatic heterocycles. The maximum Gasteiger partial charge on any atom is 0.127 e. The van der Waals surface area contributed by atoms with Gasteiger partial charge in [0, 0.05) is 24.7 Å². The summed E-state index contributed by atoms with van der Waals surface area (Å²) < 4.78 is 18.9. The van der Waals surface area contributed by atoms with Crippen LogP contribution >= 0.6 is 0 Å². The van der Waals surface area contributed by atoms with E-state index in [-0.39, 0.29) is 12.4 Å². The van der Waals surface area contributed by atoms with Crippen molar-refractivity contribution in [1.82, 2.24) is 4.90 Å². The first-order chi connectivity index (χ1) is 9.76. The topological polar surface area (TPSA) is 42.4 Å². The molecule has 0 bridgehead atoms. The summed E-state index contributed by atoms with van der Waals surface area (Å²) in [5.41, 5.74) is 7.25. The van der Waals surface area contributed by atoms with Gasteiger partial charge >= 0.3 is 0 Å². The van der Waals surface area contributed by atoms with E-state index in [9.17, 15) is 4.39 Å². The van der Waals surface area contributed by atoms with E-state index in [4.69, 9.17) is 10.2 Å². The smallest absolute Gasteiger partial charge is 0.127 e. The zero-order valence-electron chi connectivity index (χ0n) is 11.4. The van der Waals surface area contributed by atoms with Crippen molar-refractivity contribution >= 4 is 0 Å². The molecule has 0 radical (unpaired) electrons. The molecule has 3 nitrogen and oxygen atoms in total. The number of halogens is 1. The third-order valence-electron chi connectivity index (χ3n) is 3.72. The van der Waals surface area contributed by atoms with Crippen LogP contribution in [0, 0.1) is 5.82 Å². The number of nitrogens with zero attached hydrogens (tertiary/aromatic N) is 1. The highest BCUT2D eigenvalue weighted by atomic mass is 19.1. The highest BCUT2D eigenvalue weighted by Crippen LogP contribution is 2.30. The molecule has 0 atom stereocenters. The van der Waals surface area contributed by atoms with E-state index in [0.717, 1.165) is 24.4 Å². The van der Waals surface area contributed by atoms with Crippen LogP contribution in [0.25, 0.3) is 0 Å². The molecule has 1 aromatic carbocycles. The third kappa shape index (κ3) is 3.08. The number of furan rings is 1. The summed E-state index contributed by atoms with van der Waals surface area (Å²) in [5.74, 6) is 0.748. The van der Waals surface area contributed by atoms with Crippen molar-refractivity contribution in [3.05, 3.63) is 59.3 Å². The van der Waals surface area contributed by atoms with Gasteiger partial charge in [-0.25, -0.2) is 4.39 Å². The van der Waals surface area contributed by atoms with Gasteiger partial charge in [-0.2, -0.15) is 0 Å². The fraction of sp³-hybridized carbons (Fsp3) is 0.375. The molecule has 0 amide bonds. The van der Waals surface area contributed by atoms with E-state index in [1.807, 2.05) is 24.3 Å². The summed E-state index contributed by atoms with van der Waals surface area (Å²) in [6.07, 6.45) is 4.15. The molecule has 1 heterocycles. The molecule has 1 aliphatic carbocycles. The van der Waals surface area contributed by atoms with Crippen LogP contribution in [0.15, 0.2) is 41.0 Å². The average molecular weight is 274 g/mol. The molecule has 0 spiro atoms. The van der Waals surface area contributed by atoms with Gasteiger partial charge in [-0.05, 0) is 36.6 Å². The Balaban J connectivity index is 1.73. The van der Waals surface area contributed by atoms with Gasteiger partial charge < -0.3 is 10.2 Å². The minimum Gasteiger partial charge on any atom is -0.468 e. The van der Waals surface area contributed by atoms with Gasteiger partial charge in [0.2, 0.25) is 0 Å². The predicted molar refractivity (Wildman–Crippen MR) is 75.3 cm³/mol. The Morgan fingerprint density at radius 1 is 1.25 bits per heavy atom. The summed E-state index contributed by atoms with van der Waals surface area (Å²) >= 11 is 0. The maximum absolute atomic E-state index is 13.5. The van der Waals surface area contributed by atoms with E-state index in [0.29, 0.717) is 11.6 Å². The quantitative estimate of drug-likeness (QED) is 0.880. The number of benzene rings is 1. The summed E-state index contributed by atoms with van der Waals surface area (Å²) in [4.78, 5) is 2.38. The second-order valence-electron chi connectivity index (χ2n) is 5.35. The van der Waals surface area contributed by atoms with E-state index in [2.05, 4.69) is 4.90 Å². The zero-order chi connectivity index (χ0) is 13.9. The highest BCUT2D eigenvalue weighted by molar-refractivity contribution is 5.25. The Hall–Kier alpha value is -1.65. The first-order valence-corrected chi connectivity index (χ1v) is 7.00. The monoisotopic (exact) mass is 274 g/mol. The molecule has 4 heteroatoms. The average Bonchev–Trinajstić information content (AvgIpc) is 3.18. The fourth-order valence-corrected chi connectivity index (χ4v) is 2.47. The first-order valence-electron chi connectivity index (χ1n) is 7.00. The van der Waals surface area contributed by atoms with Crippen molar-refractivity contribution in [2.45, 2.75) is 38.5 Å². The lowest BCUT2D eigenvalue weighted by atomic mass is 10.1. The molecular weight excluding hydrogens is 255 g/mol. The van der Waals surface area contributed by atoms with Gasteiger partial charge in [0.1, 0.15) is 11.6 Å². The predicted octanol–water partition coefficient (Wildman–Crippen LogP) is 3.04. The van der Waals surface area contributed by atoms with E-state index in [1.54, 1.807) is 6.26 Å². The molecule has 1 saturated carbocycles. The first kappa shape index (κ1) is 13.3. The maximum atomic E-state index is 13.5. The van der Waals surface area contributed by atoms with E-state index in [1.165, 1.54) is 18.9 Å². The lowest BCUT2D eigenvalue weighted by Crippen LogP contribution is -2.25. The Morgan fingerprint density at radius 3 is 2.75 bits per heavy atom. The van der Waals surface area contributed by atoms with Gasteiger partial charge in [0.25, 0.3) is 0 Å². The van der Waals surface area contributed by atoms with Crippen LogP contribution in [0.5, 0.6) is 0 Å². The van der Waals surface area contributed by atoms with Gasteiger partial charge in [0.05, 0.1) is 12.8 Å². The molecule has 1 aromatic heterocycles. The highest BCUT2D eigenvalue weighted by Gasteiger charge is 2.29. The minimum atomic E-state index is -0.222. The Labute approximate surface area is 118 Å². The number of rotatable bonds is 6. The summed E-state index contributed by atoms with van der Waals surface area (Å²) in [5, 5.41) is 0. The van der Waals surface area contributed by atoms with Gasteiger partial charge in [0.15, 0.2) is 0 Å². The van der Waals surface area contributed by atoms with Crippen LogP contribution in [0.1, 0.15) is 29.7 Å². The van der Waals surface area contributed by atoms with E-state index >= 15 is 0 Å². The van der Waals surface area contributed by atoms with Crippen molar-refractivity contribution in [1.29, 1.82) is 0 Å². The molecule has 106 valence electrons. The standard InChI is InChI=1S/C16H19FN2O/c17-16-6-3-12(8-13(16)9-18)10-19(14-4-5-14)11-15-2-1-7-20-15/h1-3,6-8,14H,4-5,9-11,18H2. The van der Waals surface area contributed by atoms with Crippen LogP contribution in [-0.4, -0.2) is 10.9 Å². The Bertz CT molecular complexity index is 564. The molecule has 1 fully saturated rings. The van der Waals surface area contributed by atoms with Gasteiger partial charge in [-0.15, -0.1) is 0 Å². The number of hydrogen-bond acceptors (Lipinski definition) is 3. The summed E-state index contributed by atoms with van der Waals surface area (Å²) in [7, 11) is 0. The van der Waals surface area contributed by atoms with Gasteiger partial charge in [-0.3, -0.25) is 4.90 Å². The van der Waals surface area contributed by atoms with Crippen molar-refractivity contribution in [3.8, 4) is 0 Å². The zero-order valence-corrected chi connectivity index (χ0v) is 11.4. The van der Waals surface area contributed by atoms with Crippen molar-refractivity contribution in [3.63, 3.8) is 0 Å². The third-order valence-corrected chi connectivity index (χ3v) is 3.72. The molecule has 2 aromatic rings. The molecular formula is C16H19FN2O.